The van der Waals surface area contributed by atoms with Crippen LogP contribution in [0.1, 0.15) is 112 Å². The second-order valence-electron chi connectivity index (χ2n) is 22.1. The molecule has 18 nitrogen and oxygen atoms in total. The van der Waals surface area contributed by atoms with Gasteiger partial charge >= 0.3 is 18.2 Å². The third-order valence-electron chi connectivity index (χ3n) is 13.0. The van der Waals surface area contributed by atoms with Gasteiger partial charge in [-0.15, -0.1) is 0 Å². The molecular weight excluding hydrogens is 991 g/mol. The SMILES string of the molecule is CC(C)[Si](OC[C@@H](NC(=O)OC(C)(C)C)[C@@H](O)[C@]1(O)C(=O)Nc2c(-c3cc(C[C@H](NC(=O)OCc4ccccc4)C(=O)N[C@@H](CC(N)=O)C(=O)OC(C)(C)C)ccc3OCc3ccccc3)cccc21)(C(C)C)C(C)C. The number of para-hydroxylation sites is 1. The number of esters is 1. The van der Waals surface area contributed by atoms with E-state index in [1.165, 1.54) is 6.07 Å². The number of amides is 5. The number of anilines is 1. The Bertz CT molecular complexity index is 2650. The van der Waals surface area contributed by atoms with E-state index in [0.29, 0.717) is 28.0 Å². The molecule has 0 unspecified atom stereocenters. The van der Waals surface area contributed by atoms with Gasteiger partial charge in [-0.05, 0) is 87.0 Å². The number of nitrogens with two attached hydrogens (primary N) is 1. The summed E-state index contributed by atoms with van der Waals surface area (Å²) in [7, 11) is -2.65. The molecule has 4 aromatic rings. The number of aliphatic hydroxyl groups excluding tert-OH is 1. The summed E-state index contributed by atoms with van der Waals surface area (Å²) >= 11 is 0. The standard InChI is InChI=1S/C57H77N5O13Si/c1-34(2)76(35(3)4,36(5)6)73-33-45(61-54(69)75-56(10,11)12)49(64)57(70)42-25-19-24-40(48(42)62-52(57)67)41-28-39(26-27-46(41)71-31-37-20-15-13-16-21-37)29-43(60-53(68)72-32-38-22-17-14-18-23-38)50(65)59-44(30-47(58)63)51(66)74-55(7,8)9/h13-28,34-36,43-45,49,64,70H,29-33H2,1-12H3,(H2,58,63)(H,59,65)(H,60,68)(H,61,69)(H,62,67)/t43-,44-,45+,49+,57-/m0/s1. The molecule has 0 radical (unpaired) electrons. The Kier molecular flexibility index (Phi) is 20.0. The third kappa shape index (κ3) is 15.4. The van der Waals surface area contributed by atoms with Crippen molar-refractivity contribution in [3.05, 3.63) is 119 Å². The highest BCUT2D eigenvalue weighted by Gasteiger charge is 2.55. The summed E-state index contributed by atoms with van der Waals surface area (Å²) in [5, 5.41) is 35.8. The average Bonchev–Trinajstić information content (AvgIpc) is 3.60. The predicted octanol–water partition coefficient (Wildman–Crippen LogP) is 8.06. The first-order valence-corrected chi connectivity index (χ1v) is 27.8. The Morgan fingerprint density at radius 1 is 0.684 bits per heavy atom. The van der Waals surface area contributed by atoms with Crippen LogP contribution in [0.25, 0.3) is 11.1 Å². The van der Waals surface area contributed by atoms with Crippen LogP contribution >= 0.6 is 0 Å². The third-order valence-corrected chi connectivity index (χ3v) is 19.1. The van der Waals surface area contributed by atoms with Gasteiger partial charge < -0.3 is 60.6 Å². The molecule has 0 fully saturated rings. The van der Waals surface area contributed by atoms with E-state index in [0.717, 1.165) is 5.56 Å². The van der Waals surface area contributed by atoms with Crippen LogP contribution < -0.4 is 31.7 Å². The van der Waals surface area contributed by atoms with Crippen molar-refractivity contribution >= 4 is 49.9 Å². The van der Waals surface area contributed by atoms with Crippen LogP contribution in [0, 0.1) is 0 Å². The van der Waals surface area contributed by atoms with E-state index in [9.17, 15) is 39.0 Å². The smallest absolute Gasteiger partial charge is 0.408 e. The number of ether oxygens (including phenoxy) is 4. The van der Waals surface area contributed by atoms with E-state index >= 15 is 0 Å². The first-order chi connectivity index (χ1) is 35.5. The van der Waals surface area contributed by atoms with Gasteiger partial charge in [0.25, 0.3) is 5.91 Å². The van der Waals surface area contributed by atoms with Gasteiger partial charge in [0.2, 0.25) is 11.8 Å². The molecular formula is C57H77N5O13Si. The lowest BCUT2D eigenvalue weighted by atomic mass is 9.84. The first kappa shape index (κ1) is 60.1. The topological polar surface area (TPSA) is 263 Å². The molecule has 19 heteroatoms. The molecule has 5 rings (SSSR count). The van der Waals surface area contributed by atoms with Gasteiger partial charge in [0.1, 0.15) is 48.4 Å². The Morgan fingerprint density at radius 2 is 1.26 bits per heavy atom. The molecule has 1 heterocycles. The molecule has 0 aliphatic carbocycles. The van der Waals surface area contributed by atoms with E-state index < -0.39 is 91.6 Å². The predicted molar refractivity (Wildman–Crippen MR) is 290 cm³/mol. The van der Waals surface area contributed by atoms with Crippen LogP contribution in [-0.4, -0.2) is 96.4 Å². The molecule has 0 aromatic heterocycles. The minimum Gasteiger partial charge on any atom is -0.488 e. The van der Waals surface area contributed by atoms with Crippen LogP contribution in [-0.2, 0) is 63.1 Å². The van der Waals surface area contributed by atoms with Crippen LogP contribution in [0.4, 0.5) is 15.3 Å². The zero-order valence-electron chi connectivity index (χ0n) is 45.8. The highest BCUT2D eigenvalue weighted by atomic mass is 28.4. The van der Waals surface area contributed by atoms with Crippen LogP contribution in [0.15, 0.2) is 97.1 Å². The summed E-state index contributed by atoms with van der Waals surface area (Å²) in [6.07, 6.45) is -4.67. The highest BCUT2D eigenvalue weighted by molar-refractivity contribution is 6.77. The van der Waals surface area contributed by atoms with Gasteiger partial charge in [0, 0.05) is 23.1 Å². The Balaban J connectivity index is 1.60. The summed E-state index contributed by atoms with van der Waals surface area (Å²) in [5.41, 5.74) is 4.03. The molecule has 0 saturated carbocycles. The molecule has 0 saturated heterocycles. The zero-order chi connectivity index (χ0) is 56.3. The number of primary amides is 1. The van der Waals surface area contributed by atoms with Crippen LogP contribution in [0.5, 0.6) is 5.75 Å². The Morgan fingerprint density at radius 3 is 1.82 bits per heavy atom. The quantitative estimate of drug-likeness (QED) is 0.0211. The Labute approximate surface area is 447 Å². The molecule has 0 bridgehead atoms. The monoisotopic (exact) mass is 1070 g/mol. The van der Waals surface area contributed by atoms with Gasteiger partial charge in [-0.25, -0.2) is 14.4 Å². The Hall–Kier alpha value is -6.80. The van der Waals surface area contributed by atoms with Crippen molar-refractivity contribution in [2.75, 3.05) is 11.9 Å². The number of carbonyl (C=O) groups is 6. The molecule has 8 N–H and O–H groups in total. The minimum absolute atomic E-state index is 0.0132. The highest BCUT2D eigenvalue weighted by Crippen LogP contribution is 2.48. The first-order valence-electron chi connectivity index (χ1n) is 25.6. The maximum Gasteiger partial charge on any atom is 0.408 e. The normalized spacial score (nSPS) is 16.2. The largest absolute Gasteiger partial charge is 0.488 e. The maximum absolute atomic E-state index is 14.4. The van der Waals surface area contributed by atoms with Crippen molar-refractivity contribution in [2.45, 2.75) is 167 Å². The lowest BCUT2D eigenvalue weighted by Crippen LogP contribution is -2.60. The second kappa shape index (κ2) is 25.4. The second-order valence-corrected chi connectivity index (χ2v) is 27.6. The molecule has 0 spiro atoms. The number of aliphatic hydroxyl groups is 2. The number of rotatable bonds is 23. The fourth-order valence-electron chi connectivity index (χ4n) is 9.72. The number of carbonyl (C=O) groups excluding carboxylic acids is 6. The molecule has 76 heavy (non-hydrogen) atoms. The van der Waals surface area contributed by atoms with Gasteiger partial charge in [0.05, 0.1) is 24.8 Å². The molecule has 5 atom stereocenters. The van der Waals surface area contributed by atoms with Crippen molar-refractivity contribution < 1.29 is 62.4 Å². The zero-order valence-corrected chi connectivity index (χ0v) is 46.8. The van der Waals surface area contributed by atoms with Crippen LogP contribution in [0.3, 0.4) is 0 Å². The summed E-state index contributed by atoms with van der Waals surface area (Å²) < 4.78 is 29.9. The van der Waals surface area contributed by atoms with Crippen molar-refractivity contribution in [1.29, 1.82) is 0 Å². The lowest BCUT2D eigenvalue weighted by Gasteiger charge is -2.44. The summed E-state index contributed by atoms with van der Waals surface area (Å²) in [4.78, 5) is 81.2. The number of hydrogen-bond acceptors (Lipinski definition) is 13. The molecule has 5 amide bonds. The number of hydrogen-bond donors (Lipinski definition) is 7. The fourth-order valence-corrected chi connectivity index (χ4v) is 15.2. The van der Waals surface area contributed by atoms with E-state index in [2.05, 4.69) is 62.8 Å². The van der Waals surface area contributed by atoms with Crippen molar-refractivity contribution in [2.24, 2.45) is 5.73 Å². The summed E-state index contributed by atoms with van der Waals surface area (Å²) in [6, 6.07) is 23.7. The van der Waals surface area contributed by atoms with E-state index in [4.69, 9.17) is 29.1 Å². The van der Waals surface area contributed by atoms with Gasteiger partial charge in [0.15, 0.2) is 13.9 Å². The fraction of sp³-hybridized carbons (Fsp3) is 0.474. The minimum atomic E-state index is -2.66. The lowest BCUT2D eigenvalue weighted by molar-refractivity contribution is -0.159. The average molecular weight is 1070 g/mol. The van der Waals surface area contributed by atoms with E-state index in [1.54, 1.807) is 96.1 Å². The number of fused-ring (bicyclic) bond motifs is 1. The van der Waals surface area contributed by atoms with E-state index in [-0.39, 0.29) is 54.1 Å². The number of alkyl carbamates (subject to hydrolysis) is 2. The molecule has 1 aliphatic rings. The van der Waals surface area contributed by atoms with Crippen molar-refractivity contribution in [3.63, 3.8) is 0 Å². The van der Waals surface area contributed by atoms with Gasteiger partial charge in [-0.1, -0.05) is 126 Å². The summed E-state index contributed by atoms with van der Waals surface area (Å²) in [6.45, 7) is 22.2. The molecule has 412 valence electrons. The number of nitrogens with one attached hydrogen (secondary N) is 4. The maximum atomic E-state index is 14.4. The van der Waals surface area contributed by atoms with Crippen molar-refractivity contribution in [3.8, 4) is 16.9 Å². The van der Waals surface area contributed by atoms with E-state index in [1.807, 2.05) is 36.4 Å². The van der Waals surface area contributed by atoms with Gasteiger partial charge in [-0.3, -0.25) is 14.4 Å². The molecule has 1 aliphatic heterocycles. The van der Waals surface area contributed by atoms with Crippen LogP contribution in [0.2, 0.25) is 16.6 Å². The van der Waals surface area contributed by atoms with Crippen molar-refractivity contribution in [1.82, 2.24) is 16.0 Å². The van der Waals surface area contributed by atoms with Gasteiger partial charge in [-0.2, -0.15) is 0 Å². The molecule has 4 aromatic carbocycles. The summed E-state index contributed by atoms with van der Waals surface area (Å²) in [5.74, 6) is -3.36. The number of benzene rings is 4.